The lowest BCUT2D eigenvalue weighted by atomic mass is 10.0. The highest BCUT2D eigenvalue weighted by atomic mass is 35.5. The van der Waals surface area contributed by atoms with Crippen molar-refractivity contribution < 1.29 is 14.4 Å². The van der Waals surface area contributed by atoms with Gasteiger partial charge in [-0.2, -0.15) is 0 Å². The monoisotopic (exact) mass is 442 g/mol. The van der Waals surface area contributed by atoms with Crippen LogP contribution < -0.4 is 16.0 Å². The van der Waals surface area contributed by atoms with Gasteiger partial charge in [0.1, 0.15) is 17.0 Å². The molecule has 1 aromatic heterocycles. The lowest BCUT2D eigenvalue weighted by molar-refractivity contribution is -0.136. The first-order valence-corrected chi connectivity index (χ1v) is 10.5. The van der Waals surface area contributed by atoms with E-state index in [2.05, 4.69) is 15.3 Å². The molecule has 0 radical (unpaired) electrons. The minimum Gasteiger partial charge on any atom is -0.351 e. The molecule has 2 aromatic rings. The molecule has 0 bridgehead atoms. The van der Waals surface area contributed by atoms with Crippen LogP contribution in [0.1, 0.15) is 40.7 Å². The fraction of sp³-hybridized carbons (Fsp3) is 0.381. The minimum atomic E-state index is -0.641. The number of nitrogens with one attached hydrogen (secondary N) is 1. The fourth-order valence-corrected chi connectivity index (χ4v) is 4.21. The van der Waals surface area contributed by atoms with Crippen LogP contribution in [0.2, 0.25) is 5.15 Å². The van der Waals surface area contributed by atoms with E-state index in [0.29, 0.717) is 44.0 Å². The van der Waals surface area contributed by atoms with Crippen LogP contribution in [0.3, 0.4) is 0 Å². The molecule has 1 aromatic carbocycles. The van der Waals surface area contributed by atoms with E-state index >= 15 is 0 Å². The van der Waals surface area contributed by atoms with Gasteiger partial charge in [0.15, 0.2) is 0 Å². The average Bonchev–Trinajstić information content (AvgIpc) is 3.08. The van der Waals surface area contributed by atoms with E-state index in [1.54, 1.807) is 11.1 Å². The van der Waals surface area contributed by atoms with Crippen molar-refractivity contribution in [1.82, 2.24) is 20.2 Å². The fourth-order valence-electron chi connectivity index (χ4n) is 4.07. The molecule has 1 unspecified atom stereocenters. The molecule has 3 amide bonds. The van der Waals surface area contributed by atoms with Crippen LogP contribution in [-0.4, -0.2) is 51.7 Å². The van der Waals surface area contributed by atoms with Crippen LogP contribution >= 0.6 is 11.6 Å². The van der Waals surface area contributed by atoms with Gasteiger partial charge in [0.2, 0.25) is 11.8 Å². The summed E-state index contributed by atoms with van der Waals surface area (Å²) in [4.78, 5) is 49.1. The van der Waals surface area contributed by atoms with Crippen LogP contribution in [0.25, 0.3) is 0 Å². The summed E-state index contributed by atoms with van der Waals surface area (Å²) in [5.41, 5.74) is 7.99. The van der Waals surface area contributed by atoms with E-state index in [0.717, 1.165) is 17.5 Å². The van der Waals surface area contributed by atoms with Crippen LogP contribution in [-0.2, 0) is 22.7 Å². The molecule has 2 aliphatic heterocycles. The van der Waals surface area contributed by atoms with Gasteiger partial charge >= 0.3 is 0 Å². The van der Waals surface area contributed by atoms with Gasteiger partial charge in [-0.05, 0) is 30.5 Å². The number of anilines is 1. The van der Waals surface area contributed by atoms with Gasteiger partial charge in [0, 0.05) is 31.6 Å². The van der Waals surface area contributed by atoms with Gasteiger partial charge in [0.05, 0.1) is 12.4 Å². The molecule has 1 saturated heterocycles. The number of rotatable bonds is 7. The van der Waals surface area contributed by atoms with Crippen molar-refractivity contribution in [3.05, 3.63) is 52.4 Å². The summed E-state index contributed by atoms with van der Waals surface area (Å²) < 4.78 is 0. The Labute approximate surface area is 184 Å². The molecule has 9 nitrogen and oxygen atoms in total. The molecule has 4 rings (SSSR count). The molecule has 1 fully saturated rings. The Morgan fingerprint density at radius 3 is 2.84 bits per heavy atom. The first-order chi connectivity index (χ1) is 15.0. The Bertz CT molecular complexity index is 1030. The lowest BCUT2D eigenvalue weighted by Crippen LogP contribution is -2.52. The second-order valence-corrected chi connectivity index (χ2v) is 8.00. The van der Waals surface area contributed by atoms with Crippen molar-refractivity contribution >= 4 is 35.1 Å². The summed E-state index contributed by atoms with van der Waals surface area (Å²) in [7, 11) is 0. The SMILES string of the molecule is NCCCN(Cc1cccc2c1C(=O)N(C1CCC(=O)NC1=O)C2)c1cncc(Cl)n1. The van der Waals surface area contributed by atoms with E-state index < -0.39 is 11.9 Å². The number of nitrogens with two attached hydrogens (primary N) is 1. The summed E-state index contributed by atoms with van der Waals surface area (Å²) in [6, 6.07) is 5.06. The van der Waals surface area contributed by atoms with Crippen LogP contribution in [0, 0.1) is 0 Å². The number of halogens is 1. The molecular formula is C21H23ClN6O3. The smallest absolute Gasteiger partial charge is 0.255 e. The molecule has 3 N–H and O–H groups in total. The number of carbonyl (C=O) groups excluding carboxylic acids is 3. The second kappa shape index (κ2) is 8.99. The predicted molar refractivity (Wildman–Crippen MR) is 114 cm³/mol. The number of amides is 3. The van der Waals surface area contributed by atoms with Gasteiger partial charge in [-0.25, -0.2) is 4.98 Å². The van der Waals surface area contributed by atoms with Crippen LogP contribution in [0.4, 0.5) is 5.82 Å². The van der Waals surface area contributed by atoms with E-state index in [9.17, 15) is 14.4 Å². The summed E-state index contributed by atoms with van der Waals surface area (Å²) in [6.07, 6.45) is 4.39. The maximum Gasteiger partial charge on any atom is 0.255 e. The molecule has 2 aliphatic rings. The average molecular weight is 443 g/mol. The van der Waals surface area contributed by atoms with Crippen molar-refractivity contribution in [2.75, 3.05) is 18.0 Å². The highest BCUT2D eigenvalue weighted by Gasteiger charge is 2.40. The molecule has 10 heteroatoms. The number of hydrogen-bond acceptors (Lipinski definition) is 7. The molecule has 0 saturated carbocycles. The molecule has 31 heavy (non-hydrogen) atoms. The van der Waals surface area contributed by atoms with Crippen LogP contribution in [0.15, 0.2) is 30.6 Å². The number of nitrogens with zero attached hydrogens (tertiary/aromatic N) is 4. The van der Waals surface area contributed by atoms with Crippen molar-refractivity contribution in [2.24, 2.45) is 5.73 Å². The lowest BCUT2D eigenvalue weighted by Gasteiger charge is -2.29. The Morgan fingerprint density at radius 2 is 2.10 bits per heavy atom. The molecular weight excluding hydrogens is 420 g/mol. The normalized spacial score (nSPS) is 18.2. The number of carbonyl (C=O) groups is 3. The maximum absolute atomic E-state index is 13.3. The van der Waals surface area contributed by atoms with Gasteiger partial charge in [0.25, 0.3) is 5.91 Å². The largest absolute Gasteiger partial charge is 0.351 e. The minimum absolute atomic E-state index is 0.198. The zero-order valence-electron chi connectivity index (χ0n) is 16.9. The molecule has 162 valence electrons. The molecule has 3 heterocycles. The highest BCUT2D eigenvalue weighted by Crippen LogP contribution is 2.31. The Balaban J connectivity index is 1.60. The number of hydrogen-bond donors (Lipinski definition) is 2. The van der Waals surface area contributed by atoms with Crippen molar-refractivity contribution in [1.29, 1.82) is 0 Å². The number of aromatic nitrogens is 2. The van der Waals surface area contributed by atoms with Crippen molar-refractivity contribution in [2.45, 2.75) is 38.4 Å². The summed E-state index contributed by atoms with van der Waals surface area (Å²) in [6.45, 7) is 1.90. The zero-order valence-corrected chi connectivity index (χ0v) is 17.6. The first kappa shape index (κ1) is 21.2. The third kappa shape index (κ3) is 4.38. The number of benzene rings is 1. The highest BCUT2D eigenvalue weighted by molar-refractivity contribution is 6.29. The third-order valence-corrected chi connectivity index (χ3v) is 5.73. The molecule has 1 atom stereocenters. The van der Waals surface area contributed by atoms with Gasteiger partial charge < -0.3 is 15.5 Å². The molecule has 0 aliphatic carbocycles. The number of imide groups is 1. The van der Waals surface area contributed by atoms with Gasteiger partial charge in [-0.15, -0.1) is 0 Å². The van der Waals surface area contributed by atoms with Crippen molar-refractivity contribution in [3.8, 4) is 0 Å². The second-order valence-electron chi connectivity index (χ2n) is 7.61. The quantitative estimate of drug-likeness (QED) is 0.619. The summed E-state index contributed by atoms with van der Waals surface area (Å²) in [5, 5.41) is 2.62. The number of fused-ring (bicyclic) bond motifs is 1. The summed E-state index contributed by atoms with van der Waals surface area (Å²) >= 11 is 6.02. The third-order valence-electron chi connectivity index (χ3n) is 5.55. The zero-order chi connectivity index (χ0) is 22.0. The van der Waals surface area contributed by atoms with E-state index in [4.69, 9.17) is 17.3 Å². The number of piperidine rings is 1. The topological polar surface area (TPSA) is 122 Å². The molecule has 0 spiro atoms. The van der Waals surface area contributed by atoms with E-state index in [-0.39, 0.29) is 23.4 Å². The summed E-state index contributed by atoms with van der Waals surface area (Å²) in [5.74, 6) is -0.316. The van der Waals surface area contributed by atoms with Crippen LogP contribution in [0.5, 0.6) is 0 Å². The predicted octanol–water partition coefficient (Wildman–Crippen LogP) is 1.25. The first-order valence-electron chi connectivity index (χ1n) is 10.2. The standard InChI is InChI=1S/C21H23ClN6O3/c22-16-9-24-10-17(25-16)27(8-2-7-23)11-13-3-1-4-14-12-28(21(31)19(13)14)15-5-6-18(29)26-20(15)30/h1,3-4,9-10,15H,2,5-8,11-12,23H2,(H,26,29,30). The van der Waals surface area contributed by atoms with Gasteiger partial charge in [-0.1, -0.05) is 29.8 Å². The van der Waals surface area contributed by atoms with E-state index in [1.807, 2.05) is 23.1 Å². The van der Waals surface area contributed by atoms with Crippen molar-refractivity contribution in [3.63, 3.8) is 0 Å². The van der Waals surface area contributed by atoms with E-state index in [1.165, 1.54) is 6.20 Å². The van der Waals surface area contributed by atoms with Gasteiger partial charge in [-0.3, -0.25) is 24.7 Å². The maximum atomic E-state index is 13.3. The Kier molecular flexibility index (Phi) is 6.15. The Morgan fingerprint density at radius 1 is 1.26 bits per heavy atom. The Hall–Kier alpha value is -3.04.